The van der Waals surface area contributed by atoms with Crippen LogP contribution in [0.2, 0.25) is 0 Å². The molecule has 2 nitrogen and oxygen atoms in total. The molecule has 0 bridgehead atoms. The first-order valence-corrected chi connectivity index (χ1v) is 5.93. The van der Waals surface area contributed by atoms with Gasteiger partial charge in [0.25, 0.3) is 0 Å². The van der Waals surface area contributed by atoms with Crippen molar-refractivity contribution in [3.05, 3.63) is 53.8 Å². The number of fused-ring (bicyclic) bond motifs is 1. The molecule has 0 saturated heterocycles. The minimum Gasteiger partial charge on any atom is -0.508 e. The molecule has 3 rings (SSSR count). The van der Waals surface area contributed by atoms with Crippen LogP contribution in [0.15, 0.2) is 47.1 Å². The quantitative estimate of drug-likeness (QED) is 0.680. The van der Waals surface area contributed by atoms with Crippen molar-refractivity contribution in [2.24, 2.45) is 0 Å². The average molecular weight is 238 g/mol. The lowest BCUT2D eigenvalue weighted by Gasteiger charge is -2.03. The van der Waals surface area contributed by atoms with Gasteiger partial charge in [0.05, 0.1) is 6.26 Å². The van der Waals surface area contributed by atoms with Crippen molar-refractivity contribution in [3.63, 3.8) is 0 Å². The molecule has 2 heteroatoms. The second-order valence-corrected chi connectivity index (χ2v) is 4.63. The number of rotatable bonds is 1. The zero-order valence-electron chi connectivity index (χ0n) is 10.4. The summed E-state index contributed by atoms with van der Waals surface area (Å²) in [5, 5.41) is 10.5. The van der Waals surface area contributed by atoms with Crippen LogP contribution in [0.1, 0.15) is 11.1 Å². The van der Waals surface area contributed by atoms with Crippen LogP contribution in [0.4, 0.5) is 0 Å². The third kappa shape index (κ3) is 1.66. The minimum atomic E-state index is 0.258. The van der Waals surface area contributed by atoms with Crippen LogP contribution in [0.5, 0.6) is 5.75 Å². The molecule has 0 radical (unpaired) electrons. The highest BCUT2D eigenvalue weighted by Crippen LogP contribution is 2.33. The van der Waals surface area contributed by atoms with Crippen molar-refractivity contribution in [1.82, 2.24) is 0 Å². The Morgan fingerprint density at radius 3 is 2.56 bits per heavy atom. The molecule has 0 saturated carbocycles. The van der Waals surface area contributed by atoms with Crippen LogP contribution in [-0.4, -0.2) is 5.11 Å². The zero-order chi connectivity index (χ0) is 12.7. The Kier molecular flexibility index (Phi) is 2.37. The highest BCUT2D eigenvalue weighted by Gasteiger charge is 2.09. The Morgan fingerprint density at radius 2 is 1.78 bits per heavy atom. The SMILES string of the molecule is Cc1ccc(-c2coc3ccc(O)cc23)cc1C. The molecule has 0 atom stereocenters. The van der Waals surface area contributed by atoms with E-state index in [4.69, 9.17) is 4.42 Å². The molecule has 1 heterocycles. The smallest absolute Gasteiger partial charge is 0.134 e. The van der Waals surface area contributed by atoms with Gasteiger partial charge in [-0.2, -0.15) is 0 Å². The van der Waals surface area contributed by atoms with Gasteiger partial charge in [-0.1, -0.05) is 18.2 Å². The molecule has 90 valence electrons. The molecule has 0 aliphatic carbocycles. The lowest BCUT2D eigenvalue weighted by Crippen LogP contribution is -1.82. The van der Waals surface area contributed by atoms with Gasteiger partial charge in [-0.25, -0.2) is 0 Å². The summed E-state index contributed by atoms with van der Waals surface area (Å²) < 4.78 is 5.52. The van der Waals surface area contributed by atoms with Crippen molar-refractivity contribution in [3.8, 4) is 16.9 Å². The second-order valence-electron chi connectivity index (χ2n) is 4.63. The lowest BCUT2D eigenvalue weighted by atomic mass is 10.00. The van der Waals surface area contributed by atoms with E-state index < -0.39 is 0 Å². The topological polar surface area (TPSA) is 33.4 Å². The number of aromatic hydroxyl groups is 1. The maximum absolute atomic E-state index is 9.58. The summed E-state index contributed by atoms with van der Waals surface area (Å²) in [6.45, 7) is 4.19. The van der Waals surface area contributed by atoms with Gasteiger partial charge in [-0.3, -0.25) is 0 Å². The molecule has 3 aromatic rings. The number of phenols is 1. The van der Waals surface area contributed by atoms with Gasteiger partial charge in [0.2, 0.25) is 0 Å². The van der Waals surface area contributed by atoms with Crippen molar-refractivity contribution < 1.29 is 9.52 Å². The van der Waals surface area contributed by atoms with E-state index in [0.29, 0.717) is 0 Å². The molecule has 0 aliphatic rings. The summed E-state index contributed by atoms with van der Waals surface area (Å²) in [5.74, 6) is 0.258. The van der Waals surface area contributed by atoms with Crippen molar-refractivity contribution in [1.29, 1.82) is 0 Å². The molecule has 18 heavy (non-hydrogen) atoms. The highest BCUT2D eigenvalue weighted by atomic mass is 16.3. The Labute approximate surface area is 105 Å². The first-order chi connectivity index (χ1) is 8.65. The predicted octanol–water partition coefficient (Wildman–Crippen LogP) is 4.42. The third-order valence-electron chi connectivity index (χ3n) is 3.37. The van der Waals surface area contributed by atoms with Gasteiger partial charge in [0, 0.05) is 10.9 Å². The van der Waals surface area contributed by atoms with E-state index in [9.17, 15) is 5.11 Å². The standard InChI is InChI=1S/C16H14O2/c1-10-3-4-12(7-11(10)2)15-9-18-16-6-5-13(17)8-14(15)16/h3-9,17H,1-2H3. The summed E-state index contributed by atoms with van der Waals surface area (Å²) in [6.07, 6.45) is 1.74. The molecule has 2 aromatic carbocycles. The van der Waals surface area contributed by atoms with E-state index >= 15 is 0 Å². The van der Waals surface area contributed by atoms with Crippen molar-refractivity contribution in [2.75, 3.05) is 0 Å². The first-order valence-electron chi connectivity index (χ1n) is 5.93. The van der Waals surface area contributed by atoms with E-state index in [-0.39, 0.29) is 5.75 Å². The number of phenolic OH excluding ortho intramolecular Hbond substituents is 1. The Balaban J connectivity index is 2.24. The molecule has 0 unspecified atom stereocenters. The summed E-state index contributed by atoms with van der Waals surface area (Å²) in [6, 6.07) is 11.5. The lowest BCUT2D eigenvalue weighted by molar-refractivity contribution is 0.476. The molecular weight excluding hydrogens is 224 g/mol. The van der Waals surface area contributed by atoms with Crippen molar-refractivity contribution in [2.45, 2.75) is 13.8 Å². The van der Waals surface area contributed by atoms with Crippen molar-refractivity contribution >= 4 is 11.0 Å². The number of hydrogen-bond acceptors (Lipinski definition) is 2. The molecule has 0 fully saturated rings. The predicted molar refractivity (Wildman–Crippen MR) is 72.8 cm³/mol. The van der Waals surface area contributed by atoms with E-state index in [1.165, 1.54) is 11.1 Å². The maximum Gasteiger partial charge on any atom is 0.134 e. The fraction of sp³-hybridized carbons (Fsp3) is 0.125. The average Bonchev–Trinajstić information content (AvgIpc) is 2.75. The summed E-state index contributed by atoms with van der Waals surface area (Å²) in [7, 11) is 0. The van der Waals surface area contributed by atoms with Gasteiger partial charge < -0.3 is 9.52 Å². The van der Waals surface area contributed by atoms with E-state index in [1.54, 1.807) is 24.5 Å². The van der Waals surface area contributed by atoms with Crippen LogP contribution in [0.3, 0.4) is 0 Å². The van der Waals surface area contributed by atoms with Crippen LogP contribution in [-0.2, 0) is 0 Å². The number of furan rings is 1. The van der Waals surface area contributed by atoms with Crippen LogP contribution in [0, 0.1) is 13.8 Å². The second kappa shape index (κ2) is 3.91. The number of aryl methyl sites for hydroxylation is 2. The van der Waals surface area contributed by atoms with Gasteiger partial charge in [-0.15, -0.1) is 0 Å². The fourth-order valence-electron chi connectivity index (χ4n) is 2.15. The third-order valence-corrected chi connectivity index (χ3v) is 3.37. The Morgan fingerprint density at radius 1 is 0.944 bits per heavy atom. The maximum atomic E-state index is 9.58. The van der Waals surface area contributed by atoms with Crippen LogP contribution in [0.25, 0.3) is 22.1 Å². The molecule has 0 amide bonds. The minimum absolute atomic E-state index is 0.258. The molecule has 0 spiro atoms. The Bertz CT molecular complexity index is 723. The summed E-state index contributed by atoms with van der Waals surface area (Å²) in [4.78, 5) is 0. The van der Waals surface area contributed by atoms with Gasteiger partial charge >= 0.3 is 0 Å². The van der Waals surface area contributed by atoms with E-state index in [0.717, 1.165) is 22.1 Å². The first kappa shape index (κ1) is 10.9. The summed E-state index contributed by atoms with van der Waals surface area (Å²) in [5.41, 5.74) is 5.45. The molecular formula is C16H14O2. The van der Waals surface area contributed by atoms with Gasteiger partial charge in [0.15, 0.2) is 0 Å². The van der Waals surface area contributed by atoms with Gasteiger partial charge in [0.1, 0.15) is 11.3 Å². The largest absolute Gasteiger partial charge is 0.508 e. The zero-order valence-corrected chi connectivity index (χ0v) is 10.4. The van der Waals surface area contributed by atoms with Crippen LogP contribution < -0.4 is 0 Å². The Hall–Kier alpha value is -2.22. The van der Waals surface area contributed by atoms with E-state index in [2.05, 4.69) is 32.0 Å². The molecule has 0 aliphatic heterocycles. The highest BCUT2D eigenvalue weighted by molar-refractivity contribution is 5.94. The normalized spacial score (nSPS) is 11.0. The fourth-order valence-corrected chi connectivity index (χ4v) is 2.15. The van der Waals surface area contributed by atoms with Gasteiger partial charge in [-0.05, 0) is 48.7 Å². The summed E-state index contributed by atoms with van der Waals surface area (Å²) >= 11 is 0. The molecule has 1 aromatic heterocycles. The van der Waals surface area contributed by atoms with Crippen LogP contribution >= 0.6 is 0 Å². The number of benzene rings is 2. The van der Waals surface area contributed by atoms with E-state index in [1.807, 2.05) is 0 Å². The monoisotopic (exact) mass is 238 g/mol. The number of hydrogen-bond donors (Lipinski definition) is 1. The molecule has 1 N–H and O–H groups in total.